The number of halogens is 1. The summed E-state index contributed by atoms with van der Waals surface area (Å²) in [4.78, 5) is 30.5. The monoisotopic (exact) mass is 460 g/mol. The first-order valence-corrected chi connectivity index (χ1v) is 11.0. The fourth-order valence-electron chi connectivity index (χ4n) is 3.22. The molecule has 0 aliphatic heterocycles. The van der Waals surface area contributed by atoms with Crippen LogP contribution in [0.1, 0.15) is 11.1 Å². The summed E-state index contributed by atoms with van der Waals surface area (Å²) in [6.45, 7) is 1.84. The van der Waals surface area contributed by atoms with E-state index < -0.39 is 0 Å². The number of amides is 1. The van der Waals surface area contributed by atoms with Gasteiger partial charge in [-0.2, -0.15) is 5.26 Å². The van der Waals surface area contributed by atoms with Crippen LogP contribution in [0.2, 0.25) is 5.02 Å². The van der Waals surface area contributed by atoms with Crippen LogP contribution in [0.5, 0.6) is 0 Å². The fourth-order valence-corrected chi connectivity index (χ4v) is 4.19. The number of benzene rings is 3. The number of hydrogen-bond donors (Lipinski definition) is 1. The van der Waals surface area contributed by atoms with Gasteiger partial charge in [-0.05, 0) is 61.0 Å². The topological polar surface area (TPSA) is 87.8 Å². The number of nitriles is 1. The van der Waals surface area contributed by atoms with Crippen molar-refractivity contribution in [3.05, 3.63) is 93.2 Å². The fraction of sp³-hybridized carbons (Fsp3) is 0.0833. The lowest BCUT2D eigenvalue weighted by Crippen LogP contribution is -2.23. The first kappa shape index (κ1) is 21.6. The molecule has 0 aliphatic rings. The zero-order valence-electron chi connectivity index (χ0n) is 17.0. The van der Waals surface area contributed by atoms with Crippen molar-refractivity contribution < 1.29 is 4.79 Å². The van der Waals surface area contributed by atoms with Crippen molar-refractivity contribution in [2.45, 2.75) is 12.1 Å². The molecule has 0 atom stereocenters. The number of thioether (sulfide) groups is 1. The zero-order valence-corrected chi connectivity index (χ0v) is 18.6. The van der Waals surface area contributed by atoms with Crippen LogP contribution in [0.3, 0.4) is 0 Å². The summed E-state index contributed by atoms with van der Waals surface area (Å²) in [6.07, 6.45) is 0. The van der Waals surface area contributed by atoms with Crippen LogP contribution >= 0.6 is 23.4 Å². The van der Waals surface area contributed by atoms with Gasteiger partial charge in [0.15, 0.2) is 5.16 Å². The maximum atomic E-state index is 13.3. The molecular weight excluding hydrogens is 444 g/mol. The van der Waals surface area contributed by atoms with Crippen LogP contribution in [0, 0.1) is 18.3 Å². The van der Waals surface area contributed by atoms with Gasteiger partial charge in [-0.25, -0.2) is 4.98 Å². The van der Waals surface area contributed by atoms with E-state index in [-0.39, 0.29) is 17.2 Å². The summed E-state index contributed by atoms with van der Waals surface area (Å²) < 4.78 is 1.50. The second-order valence-electron chi connectivity index (χ2n) is 6.96. The Labute approximate surface area is 193 Å². The Balaban J connectivity index is 1.68. The Bertz CT molecular complexity index is 1430. The van der Waals surface area contributed by atoms with E-state index in [2.05, 4.69) is 10.3 Å². The van der Waals surface area contributed by atoms with Crippen LogP contribution in [0.15, 0.2) is 76.7 Å². The Morgan fingerprint density at radius 1 is 1.12 bits per heavy atom. The molecule has 4 rings (SSSR count). The third-order valence-corrected chi connectivity index (χ3v) is 6.20. The van der Waals surface area contributed by atoms with E-state index in [0.29, 0.717) is 38.0 Å². The molecule has 1 aromatic heterocycles. The first-order chi connectivity index (χ1) is 15.5. The molecule has 4 aromatic rings. The van der Waals surface area contributed by atoms with Gasteiger partial charge in [-0.3, -0.25) is 14.2 Å². The average molecular weight is 461 g/mol. The Hall–Kier alpha value is -3.60. The minimum absolute atomic E-state index is 0.0460. The second-order valence-corrected chi connectivity index (χ2v) is 8.31. The van der Waals surface area contributed by atoms with Crippen molar-refractivity contribution in [2.24, 2.45) is 0 Å². The number of anilines is 1. The largest absolute Gasteiger partial charge is 0.325 e. The molecule has 0 saturated heterocycles. The number of nitrogens with one attached hydrogen (secondary N) is 1. The van der Waals surface area contributed by atoms with E-state index in [1.807, 2.05) is 19.1 Å². The van der Waals surface area contributed by atoms with E-state index in [1.54, 1.807) is 60.7 Å². The number of aromatic nitrogens is 2. The SMILES string of the molecule is Cc1c(Cl)cccc1-n1c(SCC(=O)Nc2ccc(C#N)cc2)nc2ccccc2c1=O. The van der Waals surface area contributed by atoms with Gasteiger partial charge in [0.1, 0.15) is 0 Å². The molecule has 3 aromatic carbocycles. The van der Waals surface area contributed by atoms with Crippen LogP contribution in [0.25, 0.3) is 16.6 Å². The highest BCUT2D eigenvalue weighted by molar-refractivity contribution is 7.99. The Kier molecular flexibility index (Phi) is 6.26. The summed E-state index contributed by atoms with van der Waals surface area (Å²) >= 11 is 7.46. The maximum Gasteiger partial charge on any atom is 0.266 e. The number of hydrogen-bond acceptors (Lipinski definition) is 5. The lowest BCUT2D eigenvalue weighted by atomic mass is 10.2. The normalized spacial score (nSPS) is 10.7. The van der Waals surface area contributed by atoms with Crippen molar-refractivity contribution >= 4 is 45.9 Å². The predicted octanol–water partition coefficient (Wildman–Crippen LogP) is 4.95. The Morgan fingerprint density at radius 2 is 1.88 bits per heavy atom. The highest BCUT2D eigenvalue weighted by atomic mass is 35.5. The predicted molar refractivity (Wildman–Crippen MR) is 128 cm³/mol. The molecule has 1 heterocycles. The molecule has 8 heteroatoms. The van der Waals surface area contributed by atoms with Crippen LogP contribution in [0.4, 0.5) is 5.69 Å². The summed E-state index contributed by atoms with van der Waals surface area (Å²) in [5.74, 6) is -0.207. The van der Waals surface area contributed by atoms with Gasteiger partial charge in [-0.15, -0.1) is 0 Å². The molecule has 1 N–H and O–H groups in total. The minimum atomic E-state index is -0.253. The molecule has 6 nitrogen and oxygen atoms in total. The summed E-state index contributed by atoms with van der Waals surface area (Å²) in [5, 5.41) is 13.1. The van der Waals surface area contributed by atoms with E-state index >= 15 is 0 Å². The van der Waals surface area contributed by atoms with Crippen molar-refractivity contribution in [3.8, 4) is 11.8 Å². The average Bonchev–Trinajstić information content (AvgIpc) is 2.80. The van der Waals surface area contributed by atoms with Gasteiger partial charge < -0.3 is 5.32 Å². The summed E-state index contributed by atoms with van der Waals surface area (Å²) in [5.41, 5.74) is 2.80. The van der Waals surface area contributed by atoms with Crippen molar-refractivity contribution in [1.82, 2.24) is 9.55 Å². The van der Waals surface area contributed by atoms with Crippen LogP contribution in [-0.4, -0.2) is 21.2 Å². The van der Waals surface area contributed by atoms with Crippen LogP contribution < -0.4 is 10.9 Å². The van der Waals surface area contributed by atoms with Gasteiger partial charge in [0.2, 0.25) is 5.91 Å². The number of nitrogens with zero attached hydrogens (tertiary/aromatic N) is 3. The van der Waals surface area contributed by atoms with Gasteiger partial charge in [-0.1, -0.05) is 41.6 Å². The standard InChI is InChI=1S/C24H17ClN4O2S/c1-15-19(25)6-4-8-21(15)29-23(31)18-5-2-3-7-20(18)28-24(29)32-14-22(30)27-17-11-9-16(13-26)10-12-17/h2-12H,14H2,1H3,(H,27,30). The van der Waals surface area contributed by atoms with Crippen molar-refractivity contribution in [2.75, 3.05) is 11.1 Å². The molecule has 0 aliphatic carbocycles. The van der Waals surface area contributed by atoms with Gasteiger partial charge in [0.25, 0.3) is 5.56 Å². The lowest BCUT2D eigenvalue weighted by molar-refractivity contribution is -0.113. The van der Waals surface area contributed by atoms with Crippen molar-refractivity contribution in [3.63, 3.8) is 0 Å². The quantitative estimate of drug-likeness (QED) is 0.336. The number of rotatable bonds is 5. The molecule has 0 unspecified atom stereocenters. The second kappa shape index (κ2) is 9.27. The Morgan fingerprint density at radius 3 is 2.62 bits per heavy atom. The van der Waals surface area contributed by atoms with Gasteiger partial charge >= 0.3 is 0 Å². The summed E-state index contributed by atoms with van der Waals surface area (Å²) in [7, 11) is 0. The van der Waals surface area contributed by atoms with E-state index in [4.69, 9.17) is 16.9 Å². The van der Waals surface area contributed by atoms with E-state index in [0.717, 1.165) is 17.3 Å². The maximum absolute atomic E-state index is 13.3. The number of fused-ring (bicyclic) bond motifs is 1. The number of para-hydroxylation sites is 1. The third kappa shape index (κ3) is 4.37. The highest BCUT2D eigenvalue weighted by Crippen LogP contribution is 2.26. The summed E-state index contributed by atoms with van der Waals surface area (Å²) in [6, 6.07) is 21.1. The molecular formula is C24H17ClN4O2S. The molecule has 0 bridgehead atoms. The molecule has 1 amide bonds. The lowest BCUT2D eigenvalue weighted by Gasteiger charge is -2.15. The minimum Gasteiger partial charge on any atom is -0.325 e. The molecule has 0 saturated carbocycles. The zero-order chi connectivity index (χ0) is 22.7. The van der Waals surface area contributed by atoms with E-state index in [1.165, 1.54) is 4.57 Å². The van der Waals surface area contributed by atoms with Gasteiger partial charge in [0, 0.05) is 10.7 Å². The highest BCUT2D eigenvalue weighted by Gasteiger charge is 2.17. The first-order valence-electron chi connectivity index (χ1n) is 9.68. The molecule has 158 valence electrons. The van der Waals surface area contributed by atoms with E-state index in [9.17, 15) is 9.59 Å². The molecule has 0 spiro atoms. The van der Waals surface area contributed by atoms with Crippen molar-refractivity contribution in [1.29, 1.82) is 5.26 Å². The third-order valence-electron chi connectivity index (χ3n) is 4.86. The molecule has 0 radical (unpaired) electrons. The molecule has 0 fully saturated rings. The van der Waals surface area contributed by atoms with Crippen LogP contribution in [-0.2, 0) is 4.79 Å². The van der Waals surface area contributed by atoms with Gasteiger partial charge in [0.05, 0.1) is 34.0 Å². The molecule has 32 heavy (non-hydrogen) atoms. The number of carbonyl (C=O) groups is 1. The number of carbonyl (C=O) groups excluding carboxylic acids is 1. The smallest absolute Gasteiger partial charge is 0.266 e.